The van der Waals surface area contributed by atoms with Crippen molar-refractivity contribution in [3.05, 3.63) is 23.0 Å². The van der Waals surface area contributed by atoms with Gasteiger partial charge in [-0.25, -0.2) is 4.79 Å². The third-order valence-electron chi connectivity index (χ3n) is 1.77. The van der Waals surface area contributed by atoms with Gasteiger partial charge in [0.1, 0.15) is 0 Å². The van der Waals surface area contributed by atoms with Gasteiger partial charge in [0.15, 0.2) is 0 Å². The lowest BCUT2D eigenvalue weighted by molar-refractivity contribution is 0.241. The number of nitrogens with one attached hydrogen (secondary N) is 2. The van der Waals surface area contributed by atoms with Crippen molar-refractivity contribution >= 4 is 27.6 Å². The van der Waals surface area contributed by atoms with Crippen molar-refractivity contribution in [1.29, 1.82) is 0 Å². The maximum atomic E-state index is 11.2. The van der Waals surface area contributed by atoms with Crippen LogP contribution >= 0.6 is 0 Å². The van der Waals surface area contributed by atoms with Gasteiger partial charge in [0.2, 0.25) is 0 Å². The molecule has 0 saturated carbocycles. The van der Waals surface area contributed by atoms with E-state index >= 15 is 0 Å². The molecular formula is C11H20N2O3S2. The summed E-state index contributed by atoms with van der Waals surface area (Å²) in [5.41, 5.74) is 0. The van der Waals surface area contributed by atoms with E-state index < -0.39 is 21.6 Å². The quantitative estimate of drug-likeness (QED) is 0.651. The maximum Gasteiger partial charge on any atom is 0.314 e. The summed E-state index contributed by atoms with van der Waals surface area (Å²) in [7, 11) is -1.86. The second-order valence-electron chi connectivity index (χ2n) is 3.50. The minimum atomic E-state index is -0.932. The molecule has 0 aromatic rings. The molecule has 0 aliphatic rings. The number of carbonyl (C=O) groups excluding carboxylic acids is 1. The lowest BCUT2D eigenvalue weighted by Crippen LogP contribution is -2.36. The fraction of sp³-hybridized carbons (Fsp3) is 0.545. The minimum absolute atomic E-state index is 0.230. The monoisotopic (exact) mass is 292 g/mol. The molecule has 0 heterocycles. The van der Waals surface area contributed by atoms with E-state index in [0.717, 1.165) is 0 Å². The highest BCUT2D eigenvalue weighted by molar-refractivity contribution is 7.87. The van der Waals surface area contributed by atoms with Crippen LogP contribution in [0.5, 0.6) is 0 Å². The standard InChI is InChI=1S/C11H20N2O3S2/c1-17(15)9-5-3-7-12-11(14)13-8-4-6-10-18(2)16/h5-6,9-10H,3-4,7-8H2,1-2H3,(H2,12,13,14). The van der Waals surface area contributed by atoms with Crippen LogP contribution in [0.25, 0.3) is 0 Å². The number of amides is 2. The number of hydrogen-bond donors (Lipinski definition) is 2. The van der Waals surface area contributed by atoms with Crippen LogP contribution in [0.1, 0.15) is 12.8 Å². The molecule has 0 fully saturated rings. The van der Waals surface area contributed by atoms with Crippen molar-refractivity contribution in [3.63, 3.8) is 0 Å². The minimum Gasteiger partial charge on any atom is -0.338 e. The van der Waals surface area contributed by atoms with Gasteiger partial charge in [-0.3, -0.25) is 8.42 Å². The van der Waals surface area contributed by atoms with E-state index in [4.69, 9.17) is 0 Å². The first-order chi connectivity index (χ1) is 8.52. The molecule has 0 bridgehead atoms. The van der Waals surface area contributed by atoms with Crippen LogP contribution in [0, 0.1) is 0 Å². The van der Waals surface area contributed by atoms with Crippen molar-refractivity contribution in [2.75, 3.05) is 25.6 Å². The van der Waals surface area contributed by atoms with E-state index in [1.165, 1.54) is 0 Å². The van der Waals surface area contributed by atoms with E-state index in [1.54, 1.807) is 35.5 Å². The molecule has 18 heavy (non-hydrogen) atoms. The highest BCUT2D eigenvalue weighted by Crippen LogP contribution is 1.85. The predicted molar refractivity (Wildman–Crippen MR) is 77.0 cm³/mol. The van der Waals surface area contributed by atoms with E-state index in [1.807, 2.05) is 0 Å². The van der Waals surface area contributed by atoms with Crippen molar-refractivity contribution < 1.29 is 13.2 Å². The average molecular weight is 292 g/mol. The van der Waals surface area contributed by atoms with E-state index in [2.05, 4.69) is 10.6 Å². The third kappa shape index (κ3) is 13.1. The first kappa shape index (κ1) is 17.1. The molecule has 7 heteroatoms. The van der Waals surface area contributed by atoms with Crippen molar-refractivity contribution in [3.8, 4) is 0 Å². The molecule has 104 valence electrons. The summed E-state index contributed by atoms with van der Waals surface area (Å²) in [6.45, 7) is 1.02. The van der Waals surface area contributed by atoms with Crippen molar-refractivity contribution in [2.45, 2.75) is 12.8 Å². The van der Waals surface area contributed by atoms with Crippen LogP contribution in [0.2, 0.25) is 0 Å². The number of rotatable bonds is 8. The lowest BCUT2D eigenvalue weighted by atomic mass is 10.4. The molecule has 2 unspecified atom stereocenters. The topological polar surface area (TPSA) is 75.3 Å². The average Bonchev–Trinajstić information content (AvgIpc) is 2.27. The molecule has 0 spiro atoms. The second-order valence-corrected chi connectivity index (χ2v) is 6.04. The van der Waals surface area contributed by atoms with E-state index in [0.29, 0.717) is 25.9 Å². The summed E-state index contributed by atoms with van der Waals surface area (Å²) in [5.74, 6) is 0. The Morgan fingerprint density at radius 1 is 0.944 bits per heavy atom. The van der Waals surface area contributed by atoms with Crippen molar-refractivity contribution in [2.24, 2.45) is 0 Å². The van der Waals surface area contributed by atoms with Gasteiger partial charge in [0.25, 0.3) is 0 Å². The first-order valence-electron chi connectivity index (χ1n) is 5.52. The highest BCUT2D eigenvalue weighted by Gasteiger charge is 1.95. The molecule has 2 amide bonds. The molecule has 0 radical (unpaired) electrons. The summed E-state index contributed by atoms with van der Waals surface area (Å²) in [6, 6.07) is -0.230. The zero-order valence-electron chi connectivity index (χ0n) is 10.7. The predicted octanol–water partition coefficient (Wildman–Crippen LogP) is 0.850. The Morgan fingerprint density at radius 3 is 1.67 bits per heavy atom. The molecule has 2 atom stereocenters. The van der Waals surface area contributed by atoms with Crippen LogP contribution in [0.15, 0.2) is 23.0 Å². The lowest BCUT2D eigenvalue weighted by Gasteiger charge is -2.04. The smallest absolute Gasteiger partial charge is 0.314 e. The van der Waals surface area contributed by atoms with Gasteiger partial charge in [-0.2, -0.15) is 0 Å². The Kier molecular flexibility index (Phi) is 10.6. The van der Waals surface area contributed by atoms with Gasteiger partial charge < -0.3 is 10.6 Å². The molecule has 0 aliphatic carbocycles. The molecule has 0 aromatic heterocycles. The summed E-state index contributed by atoms with van der Waals surface area (Å²) < 4.78 is 21.4. The van der Waals surface area contributed by atoms with Gasteiger partial charge >= 0.3 is 6.03 Å². The molecule has 2 N–H and O–H groups in total. The van der Waals surface area contributed by atoms with Crippen LogP contribution in [-0.4, -0.2) is 40.0 Å². The zero-order chi connectivity index (χ0) is 13.8. The summed E-state index contributed by atoms with van der Waals surface area (Å²) in [6.07, 6.45) is 8.04. The highest BCUT2D eigenvalue weighted by atomic mass is 32.2. The Hall–Kier alpha value is -0.950. The summed E-state index contributed by atoms with van der Waals surface area (Å²) >= 11 is 0. The van der Waals surface area contributed by atoms with Crippen LogP contribution in [-0.2, 0) is 21.6 Å². The molecular weight excluding hydrogens is 272 g/mol. The van der Waals surface area contributed by atoms with Crippen LogP contribution in [0.3, 0.4) is 0 Å². The normalized spacial score (nSPS) is 14.8. The van der Waals surface area contributed by atoms with Gasteiger partial charge in [0.05, 0.1) is 0 Å². The third-order valence-corrected chi connectivity index (χ3v) is 2.92. The van der Waals surface area contributed by atoms with E-state index in [9.17, 15) is 13.2 Å². The Balaban J connectivity index is 3.49. The van der Waals surface area contributed by atoms with Gasteiger partial charge in [-0.1, -0.05) is 12.2 Å². The molecule has 0 rings (SSSR count). The summed E-state index contributed by atoms with van der Waals surface area (Å²) in [5, 5.41) is 8.53. The maximum absolute atomic E-state index is 11.2. The van der Waals surface area contributed by atoms with Gasteiger partial charge in [0, 0.05) is 47.2 Å². The molecule has 0 aromatic carbocycles. The van der Waals surface area contributed by atoms with Gasteiger partial charge in [-0.15, -0.1) is 0 Å². The van der Waals surface area contributed by atoms with Gasteiger partial charge in [-0.05, 0) is 23.7 Å². The fourth-order valence-electron chi connectivity index (χ4n) is 1.01. The number of carbonyl (C=O) groups is 1. The van der Waals surface area contributed by atoms with Crippen molar-refractivity contribution in [1.82, 2.24) is 10.6 Å². The molecule has 0 saturated heterocycles. The SMILES string of the molecule is CS(=O)C=CCCNC(=O)NCCC=CS(C)=O. The largest absolute Gasteiger partial charge is 0.338 e. The van der Waals surface area contributed by atoms with E-state index in [-0.39, 0.29) is 6.03 Å². The fourth-order valence-corrected chi connectivity index (χ4v) is 1.82. The van der Waals surface area contributed by atoms with Crippen LogP contribution < -0.4 is 10.6 Å². The Morgan fingerprint density at radius 2 is 1.33 bits per heavy atom. The second kappa shape index (κ2) is 11.2. The Bertz CT molecular complexity index is 322. The molecule has 0 aliphatic heterocycles. The zero-order valence-corrected chi connectivity index (χ0v) is 12.3. The number of urea groups is 1. The molecule has 5 nitrogen and oxygen atoms in total. The summed E-state index contributed by atoms with van der Waals surface area (Å²) in [4.78, 5) is 11.2. The van der Waals surface area contributed by atoms with Crippen LogP contribution in [0.4, 0.5) is 4.79 Å². The first-order valence-corrected chi connectivity index (χ1v) is 8.76. The Labute approximate surface area is 113 Å². The number of hydrogen-bond acceptors (Lipinski definition) is 3.